The van der Waals surface area contributed by atoms with Crippen LogP contribution in [0.3, 0.4) is 0 Å². The molecule has 1 fully saturated rings. The Morgan fingerprint density at radius 2 is 1.78 bits per heavy atom. The number of anilines is 1. The Labute approximate surface area is 135 Å². The van der Waals surface area contributed by atoms with Crippen LogP contribution in [0.4, 0.5) is 5.69 Å². The topological polar surface area (TPSA) is 72.8 Å². The molecule has 0 radical (unpaired) electrons. The van der Waals surface area contributed by atoms with E-state index in [1.165, 1.54) is 18.2 Å². The van der Waals surface area contributed by atoms with Crippen molar-refractivity contribution in [2.24, 2.45) is 0 Å². The first kappa shape index (κ1) is 15.2. The molecule has 1 aliphatic heterocycles. The molecule has 0 bridgehead atoms. The minimum Gasteiger partial charge on any atom is -0.508 e. The molecule has 2 aromatic rings. The number of carbonyl (C=O) groups excluding carboxylic acids is 1. The fraction of sp³-hybridized carbons (Fsp3) is 0.278. The summed E-state index contributed by atoms with van der Waals surface area (Å²) in [6, 6.07) is 14.1. The van der Waals surface area contributed by atoms with E-state index in [1.807, 2.05) is 18.2 Å². The van der Waals surface area contributed by atoms with Gasteiger partial charge in [0.2, 0.25) is 0 Å². The van der Waals surface area contributed by atoms with Crippen molar-refractivity contribution in [1.82, 2.24) is 5.32 Å². The Hall–Kier alpha value is -2.69. The summed E-state index contributed by atoms with van der Waals surface area (Å²) in [6.07, 6.45) is 1.92. The summed E-state index contributed by atoms with van der Waals surface area (Å²) in [5, 5.41) is 22.0. The Bertz CT molecular complexity index is 668. The van der Waals surface area contributed by atoms with Gasteiger partial charge in [0, 0.05) is 36.4 Å². The molecule has 5 heteroatoms. The third-order valence-corrected chi connectivity index (χ3v) is 4.04. The molecule has 0 unspecified atom stereocenters. The lowest BCUT2D eigenvalue weighted by molar-refractivity contribution is 0.0932. The maximum absolute atomic E-state index is 12.3. The lowest BCUT2D eigenvalue weighted by atomic mass is 10.0. The lowest BCUT2D eigenvalue weighted by Crippen LogP contribution is -2.47. The number of piperidine rings is 1. The van der Waals surface area contributed by atoms with Crippen molar-refractivity contribution < 1.29 is 15.0 Å². The third-order valence-electron chi connectivity index (χ3n) is 4.04. The second-order valence-corrected chi connectivity index (χ2v) is 5.83. The summed E-state index contributed by atoms with van der Waals surface area (Å²) in [4.78, 5) is 14.6. The number of nitrogens with zero attached hydrogens (tertiary/aromatic N) is 1. The highest BCUT2D eigenvalue weighted by atomic mass is 16.3. The molecule has 1 saturated heterocycles. The molecule has 0 aliphatic carbocycles. The van der Waals surface area contributed by atoms with Crippen LogP contribution in [-0.4, -0.2) is 35.3 Å². The van der Waals surface area contributed by atoms with Gasteiger partial charge in [-0.1, -0.05) is 18.2 Å². The van der Waals surface area contributed by atoms with Crippen LogP contribution in [0, 0.1) is 0 Å². The van der Waals surface area contributed by atoms with E-state index in [0.717, 1.165) is 31.6 Å². The van der Waals surface area contributed by atoms with Crippen LogP contribution in [-0.2, 0) is 0 Å². The summed E-state index contributed by atoms with van der Waals surface area (Å²) in [5.74, 6) is -0.523. The molecule has 2 aromatic carbocycles. The van der Waals surface area contributed by atoms with Crippen LogP contribution in [0.15, 0.2) is 48.5 Å². The van der Waals surface area contributed by atoms with Crippen LogP contribution in [0.5, 0.6) is 11.5 Å². The Morgan fingerprint density at radius 1 is 1.09 bits per heavy atom. The van der Waals surface area contributed by atoms with Crippen LogP contribution >= 0.6 is 0 Å². The summed E-state index contributed by atoms with van der Waals surface area (Å²) >= 11 is 0. The van der Waals surface area contributed by atoms with Gasteiger partial charge in [-0.15, -0.1) is 0 Å². The van der Waals surface area contributed by atoms with Gasteiger partial charge in [-0.25, -0.2) is 0 Å². The average molecular weight is 312 g/mol. The number of hydrogen-bond acceptors (Lipinski definition) is 4. The molecule has 0 aromatic heterocycles. The zero-order chi connectivity index (χ0) is 16.2. The number of phenols is 2. The van der Waals surface area contributed by atoms with E-state index in [9.17, 15) is 15.0 Å². The average Bonchev–Trinajstić information content (AvgIpc) is 2.55. The molecular formula is C18H20N2O3. The number of rotatable bonds is 3. The van der Waals surface area contributed by atoms with Gasteiger partial charge in [0.25, 0.3) is 5.91 Å². The van der Waals surface area contributed by atoms with E-state index in [1.54, 1.807) is 0 Å². The fourth-order valence-electron chi connectivity index (χ4n) is 2.96. The fourth-order valence-corrected chi connectivity index (χ4v) is 2.96. The lowest BCUT2D eigenvalue weighted by Gasteiger charge is -2.34. The van der Waals surface area contributed by atoms with E-state index in [-0.39, 0.29) is 29.0 Å². The SMILES string of the molecule is O=C(N[C@@H]1CCCN(c2ccccc2)C1)c1cc(O)cc(O)c1. The Kier molecular flexibility index (Phi) is 4.37. The van der Waals surface area contributed by atoms with Crippen molar-refractivity contribution in [2.45, 2.75) is 18.9 Å². The van der Waals surface area contributed by atoms with Gasteiger partial charge < -0.3 is 20.4 Å². The van der Waals surface area contributed by atoms with Gasteiger partial charge >= 0.3 is 0 Å². The quantitative estimate of drug-likeness (QED) is 0.814. The Balaban J connectivity index is 1.66. The van der Waals surface area contributed by atoms with E-state index < -0.39 is 0 Å². The number of benzene rings is 2. The molecule has 3 rings (SSSR count). The number of phenolic OH excluding ortho intramolecular Hbond substituents is 2. The van der Waals surface area contributed by atoms with Crippen molar-refractivity contribution in [2.75, 3.05) is 18.0 Å². The first-order valence-electron chi connectivity index (χ1n) is 7.76. The molecule has 0 spiro atoms. The molecule has 1 aliphatic rings. The first-order chi connectivity index (χ1) is 11.1. The van der Waals surface area contributed by atoms with Crippen molar-refractivity contribution in [3.05, 3.63) is 54.1 Å². The molecule has 1 atom stereocenters. The zero-order valence-electron chi connectivity index (χ0n) is 12.8. The van der Waals surface area contributed by atoms with E-state index in [0.29, 0.717) is 0 Å². The van der Waals surface area contributed by atoms with Gasteiger partial charge in [0.05, 0.1) is 0 Å². The van der Waals surface area contributed by atoms with Crippen LogP contribution in [0.25, 0.3) is 0 Å². The predicted molar refractivity (Wildman–Crippen MR) is 88.9 cm³/mol. The smallest absolute Gasteiger partial charge is 0.251 e. The highest BCUT2D eigenvalue weighted by Crippen LogP contribution is 2.22. The monoisotopic (exact) mass is 312 g/mol. The second-order valence-electron chi connectivity index (χ2n) is 5.83. The Morgan fingerprint density at radius 3 is 2.48 bits per heavy atom. The highest BCUT2D eigenvalue weighted by molar-refractivity contribution is 5.95. The van der Waals surface area contributed by atoms with Crippen molar-refractivity contribution in [3.63, 3.8) is 0 Å². The predicted octanol–water partition coefficient (Wildman–Crippen LogP) is 2.50. The number of aromatic hydroxyl groups is 2. The van der Waals surface area contributed by atoms with Crippen molar-refractivity contribution in [1.29, 1.82) is 0 Å². The number of para-hydroxylation sites is 1. The van der Waals surface area contributed by atoms with Crippen LogP contribution < -0.4 is 10.2 Å². The van der Waals surface area contributed by atoms with E-state index in [4.69, 9.17) is 0 Å². The van der Waals surface area contributed by atoms with E-state index in [2.05, 4.69) is 22.3 Å². The third kappa shape index (κ3) is 3.74. The number of amides is 1. The number of nitrogens with one attached hydrogen (secondary N) is 1. The molecule has 1 heterocycles. The minimum atomic E-state index is -0.281. The summed E-state index contributed by atoms with van der Waals surface area (Å²) in [7, 11) is 0. The van der Waals surface area contributed by atoms with E-state index >= 15 is 0 Å². The van der Waals surface area contributed by atoms with Crippen LogP contribution in [0.2, 0.25) is 0 Å². The molecule has 120 valence electrons. The maximum atomic E-state index is 12.3. The normalized spacial score (nSPS) is 17.7. The standard InChI is InChI=1S/C18H20N2O3/c21-16-9-13(10-17(22)11-16)18(23)19-14-5-4-8-20(12-14)15-6-2-1-3-7-15/h1-3,6-7,9-11,14,21-22H,4-5,8,12H2,(H,19,23)/t14-/m1/s1. The summed E-state index contributed by atoms with van der Waals surface area (Å²) in [5.41, 5.74) is 1.42. The molecule has 0 saturated carbocycles. The van der Waals surface area contributed by atoms with Crippen molar-refractivity contribution >= 4 is 11.6 Å². The van der Waals surface area contributed by atoms with Crippen molar-refractivity contribution in [3.8, 4) is 11.5 Å². The van der Waals surface area contributed by atoms with Crippen LogP contribution in [0.1, 0.15) is 23.2 Å². The molecule has 23 heavy (non-hydrogen) atoms. The largest absolute Gasteiger partial charge is 0.508 e. The summed E-state index contributed by atoms with van der Waals surface area (Å²) < 4.78 is 0. The first-order valence-corrected chi connectivity index (χ1v) is 7.76. The molecular weight excluding hydrogens is 292 g/mol. The second kappa shape index (κ2) is 6.60. The zero-order valence-corrected chi connectivity index (χ0v) is 12.8. The highest BCUT2D eigenvalue weighted by Gasteiger charge is 2.22. The molecule has 3 N–H and O–H groups in total. The van der Waals surface area contributed by atoms with Gasteiger partial charge in [-0.05, 0) is 37.1 Å². The maximum Gasteiger partial charge on any atom is 0.251 e. The van der Waals surface area contributed by atoms with Gasteiger partial charge in [-0.3, -0.25) is 4.79 Å². The summed E-state index contributed by atoms with van der Waals surface area (Å²) in [6.45, 7) is 1.73. The number of carbonyl (C=O) groups is 1. The molecule has 1 amide bonds. The van der Waals surface area contributed by atoms with Gasteiger partial charge in [-0.2, -0.15) is 0 Å². The van der Waals surface area contributed by atoms with Gasteiger partial charge in [0.15, 0.2) is 0 Å². The molecule has 5 nitrogen and oxygen atoms in total. The minimum absolute atomic E-state index is 0.0425. The number of hydrogen-bond donors (Lipinski definition) is 3. The van der Waals surface area contributed by atoms with Gasteiger partial charge in [0.1, 0.15) is 11.5 Å².